The number of rotatable bonds is 2. The van der Waals surface area contributed by atoms with Crippen LogP contribution in [0, 0.1) is 6.92 Å². The van der Waals surface area contributed by atoms with Crippen molar-refractivity contribution in [1.82, 2.24) is 20.0 Å². The van der Waals surface area contributed by atoms with Gasteiger partial charge in [-0.15, -0.1) is 4.52 Å². The number of likely N-dealkylation sites (tertiary alicyclic amines) is 1. The molecule has 6 heteroatoms. The van der Waals surface area contributed by atoms with Gasteiger partial charge in [-0.3, -0.25) is 4.79 Å². The molecule has 4 aromatic rings. The smallest absolute Gasteiger partial charge is 0.338 e. The Morgan fingerprint density at radius 1 is 1.18 bits per heavy atom. The lowest BCUT2D eigenvalue weighted by molar-refractivity contribution is -0.590. The van der Waals surface area contributed by atoms with Crippen LogP contribution in [0.3, 0.4) is 0 Å². The second-order valence-electron chi connectivity index (χ2n) is 7.50. The largest absolute Gasteiger partial charge is 0.457 e. The van der Waals surface area contributed by atoms with E-state index in [4.69, 9.17) is 0 Å². The average molecular weight is 372 g/mol. The summed E-state index contributed by atoms with van der Waals surface area (Å²) in [5, 5.41) is 5.40. The van der Waals surface area contributed by atoms with E-state index in [1.54, 1.807) is 6.33 Å². The SMILES string of the molecule is Cc1cc([C@H]2CCCN(C(=O)c3ccc4ccccc4c3)C2)[n+]2[nH]cnc2n1. The van der Waals surface area contributed by atoms with Gasteiger partial charge in [-0.1, -0.05) is 40.3 Å². The number of carbonyl (C=O) groups excluding carboxylic acids is 1. The van der Waals surface area contributed by atoms with Gasteiger partial charge in [-0.25, -0.2) is 5.10 Å². The van der Waals surface area contributed by atoms with Gasteiger partial charge in [-0.05, 0) is 42.7 Å². The van der Waals surface area contributed by atoms with E-state index in [0.29, 0.717) is 12.3 Å². The summed E-state index contributed by atoms with van der Waals surface area (Å²) in [6.07, 6.45) is 3.69. The minimum atomic E-state index is 0.104. The van der Waals surface area contributed by atoms with E-state index in [0.717, 1.165) is 47.1 Å². The molecule has 140 valence electrons. The van der Waals surface area contributed by atoms with Crippen LogP contribution in [0.25, 0.3) is 16.6 Å². The number of aryl methyl sites for hydroxylation is 1. The van der Waals surface area contributed by atoms with Crippen LogP contribution in [0.4, 0.5) is 0 Å². The normalized spacial score (nSPS) is 17.3. The number of aromatic amines is 1. The minimum Gasteiger partial charge on any atom is -0.338 e. The third-order valence-corrected chi connectivity index (χ3v) is 5.58. The van der Waals surface area contributed by atoms with Crippen molar-refractivity contribution in [3.63, 3.8) is 0 Å². The molecule has 0 unspecified atom stereocenters. The van der Waals surface area contributed by atoms with Gasteiger partial charge in [0, 0.05) is 30.6 Å². The quantitative estimate of drug-likeness (QED) is 0.550. The maximum atomic E-state index is 13.2. The zero-order valence-electron chi connectivity index (χ0n) is 15.8. The molecule has 3 heterocycles. The predicted molar refractivity (Wildman–Crippen MR) is 106 cm³/mol. The third kappa shape index (κ3) is 2.91. The number of amides is 1. The Morgan fingerprint density at radius 3 is 2.93 bits per heavy atom. The highest BCUT2D eigenvalue weighted by Gasteiger charge is 2.29. The molecule has 0 radical (unpaired) electrons. The zero-order valence-corrected chi connectivity index (χ0v) is 15.8. The fourth-order valence-electron chi connectivity index (χ4n) is 4.21. The first-order valence-corrected chi connectivity index (χ1v) is 9.70. The van der Waals surface area contributed by atoms with Crippen LogP contribution < -0.4 is 4.52 Å². The van der Waals surface area contributed by atoms with Gasteiger partial charge in [0.1, 0.15) is 11.4 Å². The predicted octanol–water partition coefficient (Wildman–Crippen LogP) is 3.02. The van der Waals surface area contributed by atoms with Gasteiger partial charge in [0.25, 0.3) is 5.91 Å². The molecule has 1 fully saturated rings. The molecule has 0 spiro atoms. The van der Waals surface area contributed by atoms with Crippen LogP contribution in [0.5, 0.6) is 0 Å². The molecule has 0 bridgehead atoms. The van der Waals surface area contributed by atoms with Crippen LogP contribution >= 0.6 is 0 Å². The number of aromatic nitrogens is 4. The molecule has 2 aromatic carbocycles. The Labute approximate surface area is 162 Å². The van der Waals surface area contributed by atoms with Gasteiger partial charge < -0.3 is 4.90 Å². The van der Waals surface area contributed by atoms with E-state index in [-0.39, 0.29) is 11.8 Å². The number of hydrogen-bond acceptors (Lipinski definition) is 3. The van der Waals surface area contributed by atoms with Crippen LogP contribution in [-0.4, -0.2) is 39.0 Å². The average Bonchev–Trinajstić information content (AvgIpc) is 3.20. The van der Waals surface area contributed by atoms with E-state index in [2.05, 4.69) is 33.3 Å². The van der Waals surface area contributed by atoms with Gasteiger partial charge in [0.05, 0.1) is 0 Å². The van der Waals surface area contributed by atoms with Gasteiger partial charge in [-0.2, -0.15) is 0 Å². The van der Waals surface area contributed by atoms with E-state index >= 15 is 0 Å². The maximum Gasteiger partial charge on any atom is 0.457 e. The van der Waals surface area contributed by atoms with E-state index in [9.17, 15) is 4.79 Å². The molecule has 0 aliphatic carbocycles. The molecule has 1 atom stereocenters. The first kappa shape index (κ1) is 16.9. The van der Waals surface area contributed by atoms with Gasteiger partial charge in [0.2, 0.25) is 0 Å². The summed E-state index contributed by atoms with van der Waals surface area (Å²) in [7, 11) is 0. The maximum absolute atomic E-state index is 13.2. The zero-order chi connectivity index (χ0) is 19.1. The number of nitrogens with one attached hydrogen (secondary N) is 1. The van der Waals surface area contributed by atoms with Crippen molar-refractivity contribution in [3.05, 3.63) is 71.8 Å². The number of hydrogen-bond donors (Lipinski definition) is 1. The molecule has 1 aliphatic rings. The molecule has 0 saturated carbocycles. The lowest BCUT2D eigenvalue weighted by atomic mass is 9.93. The van der Waals surface area contributed by atoms with Crippen molar-refractivity contribution in [2.75, 3.05) is 13.1 Å². The van der Waals surface area contributed by atoms with Gasteiger partial charge >= 0.3 is 5.78 Å². The van der Waals surface area contributed by atoms with Crippen molar-refractivity contribution >= 4 is 22.5 Å². The molecular formula is C22H22N5O+. The number of carbonyl (C=O) groups is 1. The first-order valence-electron chi connectivity index (χ1n) is 9.70. The molecule has 1 amide bonds. The number of benzene rings is 2. The Kier molecular flexibility index (Phi) is 4.04. The lowest BCUT2D eigenvalue weighted by Crippen LogP contribution is -2.42. The standard InChI is InChI=1S/C22H21N5O/c1-15-11-20(27-22(25-15)23-14-24-27)19-7-4-10-26(13-19)21(28)18-9-8-16-5-2-3-6-17(16)12-18/h2-3,5-6,8-9,11-12,14,19H,4,7,10,13H2,1H3/p+1/t19-/m0/s1. The summed E-state index contributed by atoms with van der Waals surface area (Å²) in [6.45, 7) is 3.48. The number of fused-ring (bicyclic) bond motifs is 2. The number of piperidine rings is 1. The highest BCUT2D eigenvalue weighted by molar-refractivity contribution is 5.98. The van der Waals surface area contributed by atoms with E-state index in [1.807, 2.05) is 46.7 Å². The van der Waals surface area contributed by atoms with E-state index in [1.165, 1.54) is 0 Å². The second kappa shape index (κ2) is 6.71. The molecular weight excluding hydrogens is 350 g/mol. The Bertz CT molecular complexity index is 1180. The van der Waals surface area contributed by atoms with Crippen molar-refractivity contribution in [2.45, 2.75) is 25.7 Å². The summed E-state index contributed by atoms with van der Waals surface area (Å²) < 4.78 is 1.93. The fourth-order valence-corrected chi connectivity index (χ4v) is 4.21. The van der Waals surface area contributed by atoms with E-state index < -0.39 is 0 Å². The molecule has 1 N–H and O–H groups in total. The van der Waals surface area contributed by atoms with Crippen LogP contribution in [0.2, 0.25) is 0 Å². The molecule has 28 heavy (non-hydrogen) atoms. The number of H-pyrrole nitrogens is 1. The van der Waals surface area contributed by atoms with Crippen LogP contribution in [0.15, 0.2) is 54.9 Å². The van der Waals surface area contributed by atoms with Crippen molar-refractivity contribution in [1.29, 1.82) is 0 Å². The fraction of sp³-hybridized carbons (Fsp3) is 0.273. The first-order chi connectivity index (χ1) is 13.7. The Hall–Kier alpha value is -3.28. The summed E-state index contributed by atoms with van der Waals surface area (Å²) in [4.78, 5) is 23.9. The number of nitrogens with zero attached hydrogens (tertiary/aromatic N) is 4. The highest BCUT2D eigenvalue weighted by Crippen LogP contribution is 2.27. The monoisotopic (exact) mass is 372 g/mol. The molecule has 2 aromatic heterocycles. The van der Waals surface area contributed by atoms with Crippen molar-refractivity contribution < 1.29 is 9.31 Å². The molecule has 5 rings (SSSR count). The van der Waals surface area contributed by atoms with Crippen LogP contribution in [-0.2, 0) is 0 Å². The summed E-state index contributed by atoms with van der Waals surface area (Å²) in [5.41, 5.74) is 2.83. The molecule has 1 aliphatic heterocycles. The van der Waals surface area contributed by atoms with Crippen molar-refractivity contribution in [3.8, 4) is 0 Å². The van der Waals surface area contributed by atoms with Crippen molar-refractivity contribution in [2.24, 2.45) is 0 Å². The molecule has 1 saturated heterocycles. The van der Waals surface area contributed by atoms with Crippen LogP contribution in [0.1, 0.15) is 40.5 Å². The summed E-state index contributed by atoms with van der Waals surface area (Å²) in [6, 6.07) is 16.2. The minimum absolute atomic E-state index is 0.104. The molecule has 6 nitrogen and oxygen atoms in total. The lowest BCUT2D eigenvalue weighted by Gasteiger charge is -2.32. The summed E-state index contributed by atoms with van der Waals surface area (Å²) >= 11 is 0. The Balaban J connectivity index is 1.44. The summed E-state index contributed by atoms with van der Waals surface area (Å²) in [5.74, 6) is 1.04. The van der Waals surface area contributed by atoms with Gasteiger partial charge in [0.15, 0.2) is 6.33 Å². The highest BCUT2D eigenvalue weighted by atomic mass is 16.2. The third-order valence-electron chi connectivity index (χ3n) is 5.58. The topological polar surface area (TPSA) is 66.0 Å². The Morgan fingerprint density at radius 2 is 2.04 bits per heavy atom. The second-order valence-corrected chi connectivity index (χ2v) is 7.50.